The van der Waals surface area contributed by atoms with E-state index in [4.69, 9.17) is 5.11 Å². The fourth-order valence-corrected chi connectivity index (χ4v) is 1.82. The molecule has 1 heterocycles. The molecule has 0 aliphatic heterocycles. The molecule has 1 aromatic heterocycles. The molecule has 0 saturated heterocycles. The first-order chi connectivity index (χ1) is 9.49. The molecule has 7 nitrogen and oxygen atoms in total. The molecular formula is C13H16N4O3. The number of nitrogens with one attached hydrogen (secondary N) is 1. The monoisotopic (exact) mass is 276 g/mol. The Balaban J connectivity index is 2.08. The maximum absolute atomic E-state index is 11.4. The van der Waals surface area contributed by atoms with Gasteiger partial charge in [-0.05, 0) is 18.2 Å². The van der Waals surface area contributed by atoms with Crippen molar-refractivity contribution in [3.05, 3.63) is 30.1 Å². The summed E-state index contributed by atoms with van der Waals surface area (Å²) in [7, 11) is 3.35. The highest BCUT2D eigenvalue weighted by Gasteiger charge is 2.08. The largest absolute Gasteiger partial charge is 0.478 e. The number of amides is 2. The van der Waals surface area contributed by atoms with Crippen LogP contribution in [0.2, 0.25) is 0 Å². The highest BCUT2D eigenvalue weighted by atomic mass is 16.4. The van der Waals surface area contributed by atoms with Crippen molar-refractivity contribution in [2.24, 2.45) is 0 Å². The van der Waals surface area contributed by atoms with Crippen LogP contribution in [0.15, 0.2) is 24.5 Å². The second-order valence-corrected chi connectivity index (χ2v) is 4.57. The Hall–Kier alpha value is -2.57. The van der Waals surface area contributed by atoms with Crippen LogP contribution < -0.4 is 5.32 Å². The van der Waals surface area contributed by atoms with Crippen molar-refractivity contribution in [2.45, 2.75) is 6.54 Å². The smallest absolute Gasteiger partial charge is 0.335 e. The average Bonchev–Trinajstić information content (AvgIpc) is 2.81. The van der Waals surface area contributed by atoms with Crippen LogP contribution in [0.1, 0.15) is 10.4 Å². The highest BCUT2D eigenvalue weighted by Crippen LogP contribution is 2.14. The van der Waals surface area contributed by atoms with E-state index in [0.29, 0.717) is 18.6 Å². The SMILES string of the molecule is CN(C)C(=O)NCCn1cnc2cc(C(=O)O)ccc21. The predicted octanol–water partition coefficient (Wildman–Crippen LogP) is 1.01. The third-order valence-electron chi connectivity index (χ3n) is 2.90. The summed E-state index contributed by atoms with van der Waals surface area (Å²) in [4.78, 5) is 27.9. The molecule has 0 aliphatic carbocycles. The molecule has 2 aromatic rings. The van der Waals surface area contributed by atoms with Gasteiger partial charge in [-0.3, -0.25) is 0 Å². The van der Waals surface area contributed by atoms with E-state index in [0.717, 1.165) is 5.52 Å². The van der Waals surface area contributed by atoms with Crippen LogP contribution in [-0.2, 0) is 6.54 Å². The standard InChI is InChI=1S/C13H16N4O3/c1-16(2)13(20)14-5-6-17-8-15-10-7-9(12(18)19)3-4-11(10)17/h3-4,7-8H,5-6H2,1-2H3,(H,14,20)(H,18,19). The number of hydrogen-bond acceptors (Lipinski definition) is 3. The fraction of sp³-hybridized carbons (Fsp3) is 0.308. The topological polar surface area (TPSA) is 87.5 Å². The lowest BCUT2D eigenvalue weighted by atomic mass is 10.2. The van der Waals surface area contributed by atoms with Gasteiger partial charge in [0.05, 0.1) is 22.9 Å². The summed E-state index contributed by atoms with van der Waals surface area (Å²) in [5.41, 5.74) is 1.68. The summed E-state index contributed by atoms with van der Waals surface area (Å²) >= 11 is 0. The Morgan fingerprint density at radius 3 is 2.80 bits per heavy atom. The number of carbonyl (C=O) groups excluding carboxylic acids is 1. The van der Waals surface area contributed by atoms with E-state index >= 15 is 0 Å². The molecule has 0 saturated carbocycles. The van der Waals surface area contributed by atoms with Crippen LogP contribution in [0.3, 0.4) is 0 Å². The first-order valence-corrected chi connectivity index (χ1v) is 6.12. The summed E-state index contributed by atoms with van der Waals surface area (Å²) in [6, 6.07) is 4.65. The molecule has 7 heteroatoms. The second kappa shape index (κ2) is 5.60. The molecule has 2 rings (SSSR count). The minimum absolute atomic E-state index is 0.150. The van der Waals surface area contributed by atoms with Crippen molar-refractivity contribution in [3.63, 3.8) is 0 Å². The van der Waals surface area contributed by atoms with Gasteiger partial charge in [0.1, 0.15) is 0 Å². The zero-order valence-corrected chi connectivity index (χ0v) is 11.3. The van der Waals surface area contributed by atoms with Crippen LogP contribution in [0.4, 0.5) is 4.79 Å². The zero-order chi connectivity index (χ0) is 14.7. The number of nitrogens with zero attached hydrogens (tertiary/aromatic N) is 3. The number of carbonyl (C=O) groups is 2. The molecule has 0 spiro atoms. The first kappa shape index (κ1) is 13.9. The Morgan fingerprint density at radius 1 is 1.40 bits per heavy atom. The van der Waals surface area contributed by atoms with Gasteiger partial charge in [0, 0.05) is 27.2 Å². The summed E-state index contributed by atoms with van der Waals surface area (Å²) in [5.74, 6) is -0.973. The number of urea groups is 1. The first-order valence-electron chi connectivity index (χ1n) is 6.12. The molecule has 0 aliphatic rings. The van der Waals surface area contributed by atoms with Crippen molar-refractivity contribution in [3.8, 4) is 0 Å². The third-order valence-corrected chi connectivity index (χ3v) is 2.90. The van der Waals surface area contributed by atoms with Crippen LogP contribution in [0.5, 0.6) is 0 Å². The lowest BCUT2D eigenvalue weighted by Gasteiger charge is -2.12. The van der Waals surface area contributed by atoms with Crippen LogP contribution in [0.25, 0.3) is 11.0 Å². The summed E-state index contributed by atoms with van der Waals surface area (Å²) in [5, 5.41) is 11.7. The van der Waals surface area contributed by atoms with Crippen molar-refractivity contribution in [1.82, 2.24) is 19.8 Å². The molecule has 0 atom stereocenters. The summed E-state index contributed by atoms with van der Waals surface area (Å²) < 4.78 is 1.87. The molecule has 1 aromatic carbocycles. The van der Waals surface area contributed by atoms with Gasteiger partial charge in [-0.1, -0.05) is 0 Å². The fourth-order valence-electron chi connectivity index (χ4n) is 1.82. The van der Waals surface area contributed by atoms with Gasteiger partial charge in [0.15, 0.2) is 0 Å². The Morgan fingerprint density at radius 2 is 2.15 bits per heavy atom. The maximum Gasteiger partial charge on any atom is 0.335 e. The van der Waals surface area contributed by atoms with Crippen LogP contribution in [0, 0.1) is 0 Å². The summed E-state index contributed by atoms with van der Waals surface area (Å²) in [6.45, 7) is 1.05. The van der Waals surface area contributed by atoms with Gasteiger partial charge < -0.3 is 19.9 Å². The summed E-state index contributed by atoms with van der Waals surface area (Å²) in [6.07, 6.45) is 1.64. The molecule has 2 N–H and O–H groups in total. The number of aromatic nitrogens is 2. The molecule has 0 fully saturated rings. The van der Waals surface area contributed by atoms with E-state index in [9.17, 15) is 9.59 Å². The van der Waals surface area contributed by atoms with E-state index in [1.54, 1.807) is 32.6 Å². The number of benzene rings is 1. The third kappa shape index (κ3) is 2.87. The number of imidazole rings is 1. The van der Waals surface area contributed by atoms with E-state index in [1.807, 2.05) is 4.57 Å². The molecule has 0 radical (unpaired) electrons. The molecule has 106 valence electrons. The van der Waals surface area contributed by atoms with E-state index in [-0.39, 0.29) is 11.6 Å². The normalized spacial score (nSPS) is 10.5. The Bertz CT molecular complexity index is 648. The number of carboxylic acid groups (broad SMARTS) is 1. The van der Waals surface area contributed by atoms with E-state index in [1.165, 1.54) is 11.0 Å². The molecule has 0 bridgehead atoms. The van der Waals surface area contributed by atoms with Crippen molar-refractivity contribution < 1.29 is 14.7 Å². The van der Waals surface area contributed by atoms with Crippen molar-refractivity contribution in [1.29, 1.82) is 0 Å². The Labute approximate surface area is 115 Å². The number of fused-ring (bicyclic) bond motifs is 1. The minimum Gasteiger partial charge on any atom is -0.478 e. The average molecular weight is 276 g/mol. The number of carboxylic acids is 1. The Kier molecular flexibility index (Phi) is 3.88. The van der Waals surface area contributed by atoms with Gasteiger partial charge in [-0.25, -0.2) is 14.6 Å². The zero-order valence-electron chi connectivity index (χ0n) is 11.3. The van der Waals surface area contributed by atoms with Crippen LogP contribution >= 0.6 is 0 Å². The van der Waals surface area contributed by atoms with Gasteiger partial charge in [0.2, 0.25) is 0 Å². The van der Waals surface area contributed by atoms with Gasteiger partial charge in [-0.15, -0.1) is 0 Å². The lowest BCUT2D eigenvalue weighted by Crippen LogP contribution is -2.36. The predicted molar refractivity (Wildman–Crippen MR) is 73.8 cm³/mol. The van der Waals surface area contributed by atoms with Gasteiger partial charge >= 0.3 is 12.0 Å². The van der Waals surface area contributed by atoms with Gasteiger partial charge in [0.25, 0.3) is 0 Å². The van der Waals surface area contributed by atoms with Gasteiger partial charge in [-0.2, -0.15) is 0 Å². The molecule has 20 heavy (non-hydrogen) atoms. The number of aromatic carboxylic acids is 1. The van der Waals surface area contributed by atoms with Crippen LogP contribution in [-0.4, -0.2) is 52.2 Å². The van der Waals surface area contributed by atoms with E-state index in [2.05, 4.69) is 10.3 Å². The van der Waals surface area contributed by atoms with Crippen molar-refractivity contribution >= 4 is 23.0 Å². The molecule has 0 unspecified atom stereocenters. The van der Waals surface area contributed by atoms with Crippen molar-refractivity contribution in [2.75, 3.05) is 20.6 Å². The lowest BCUT2D eigenvalue weighted by molar-refractivity contribution is 0.0697. The second-order valence-electron chi connectivity index (χ2n) is 4.57. The number of hydrogen-bond donors (Lipinski definition) is 2. The minimum atomic E-state index is -0.973. The highest BCUT2D eigenvalue weighted by molar-refractivity contribution is 5.92. The molecular weight excluding hydrogens is 260 g/mol. The van der Waals surface area contributed by atoms with E-state index < -0.39 is 5.97 Å². The maximum atomic E-state index is 11.4. The number of rotatable bonds is 4. The molecule has 2 amide bonds. The quantitative estimate of drug-likeness (QED) is 0.872.